The van der Waals surface area contributed by atoms with Gasteiger partial charge < -0.3 is 14.8 Å². The molecule has 0 amide bonds. The standard InChI is InChI=1S/C29H30ClF2NO3S/c1-3-4-13-36-29(34)24-16-33-12-11-22-20(24)8-9-25(30)28(22)37-17-18-5-7-21(26(32)14-18)23-15-19(31)6-10-27(23)35-2/h5-10,14-15,24,33H,3-4,11-13,16-17H2,1-2H3. The van der Waals surface area contributed by atoms with Crippen LogP contribution in [0, 0.1) is 11.6 Å². The summed E-state index contributed by atoms with van der Waals surface area (Å²) < 4.78 is 39.7. The van der Waals surface area contributed by atoms with Gasteiger partial charge >= 0.3 is 5.97 Å². The van der Waals surface area contributed by atoms with E-state index in [0.717, 1.165) is 47.4 Å². The molecule has 0 aliphatic carbocycles. The van der Waals surface area contributed by atoms with Gasteiger partial charge in [-0.05, 0) is 66.4 Å². The van der Waals surface area contributed by atoms with Crippen molar-refractivity contribution in [3.05, 3.63) is 81.9 Å². The number of unbranched alkanes of at least 4 members (excludes halogenated alkanes) is 1. The molecule has 8 heteroatoms. The van der Waals surface area contributed by atoms with E-state index >= 15 is 4.39 Å². The Morgan fingerprint density at radius 3 is 2.73 bits per heavy atom. The molecule has 0 spiro atoms. The zero-order valence-electron chi connectivity index (χ0n) is 20.9. The van der Waals surface area contributed by atoms with Crippen LogP contribution in [0.2, 0.25) is 5.02 Å². The van der Waals surface area contributed by atoms with Crippen LogP contribution >= 0.6 is 23.4 Å². The molecule has 1 aliphatic rings. The van der Waals surface area contributed by atoms with Crippen LogP contribution in [0.15, 0.2) is 53.4 Å². The molecule has 1 aliphatic heterocycles. The quantitative estimate of drug-likeness (QED) is 0.176. The first kappa shape index (κ1) is 27.4. The number of hydrogen-bond donors (Lipinski definition) is 1. The number of esters is 1. The van der Waals surface area contributed by atoms with E-state index in [1.54, 1.807) is 6.07 Å². The molecule has 1 heterocycles. The molecule has 37 heavy (non-hydrogen) atoms. The summed E-state index contributed by atoms with van der Waals surface area (Å²) in [6, 6.07) is 12.7. The van der Waals surface area contributed by atoms with Crippen molar-refractivity contribution in [2.75, 3.05) is 26.8 Å². The van der Waals surface area contributed by atoms with E-state index in [9.17, 15) is 9.18 Å². The summed E-state index contributed by atoms with van der Waals surface area (Å²) in [5.41, 5.74) is 3.35. The van der Waals surface area contributed by atoms with Gasteiger partial charge in [0, 0.05) is 28.3 Å². The molecular formula is C29H30ClF2NO3S. The van der Waals surface area contributed by atoms with E-state index in [0.29, 0.717) is 35.2 Å². The van der Waals surface area contributed by atoms with Gasteiger partial charge in [-0.1, -0.05) is 43.1 Å². The summed E-state index contributed by atoms with van der Waals surface area (Å²) in [5, 5.41) is 3.94. The van der Waals surface area contributed by atoms with Crippen LogP contribution < -0.4 is 10.1 Å². The smallest absolute Gasteiger partial charge is 0.314 e. The molecular weight excluding hydrogens is 516 g/mol. The lowest BCUT2D eigenvalue weighted by Gasteiger charge is -2.19. The molecule has 3 aromatic carbocycles. The van der Waals surface area contributed by atoms with E-state index in [-0.39, 0.29) is 11.5 Å². The van der Waals surface area contributed by atoms with Crippen LogP contribution in [0.5, 0.6) is 5.75 Å². The Bertz CT molecular complexity index is 1270. The van der Waals surface area contributed by atoms with Crippen molar-refractivity contribution >= 4 is 29.3 Å². The predicted molar refractivity (Wildman–Crippen MR) is 145 cm³/mol. The van der Waals surface area contributed by atoms with Crippen molar-refractivity contribution in [3.63, 3.8) is 0 Å². The Kier molecular flexibility index (Phi) is 9.46. The van der Waals surface area contributed by atoms with Crippen LogP contribution in [0.25, 0.3) is 11.1 Å². The molecule has 4 nitrogen and oxygen atoms in total. The lowest BCUT2D eigenvalue weighted by molar-refractivity contribution is -0.145. The highest BCUT2D eigenvalue weighted by atomic mass is 35.5. The molecule has 1 atom stereocenters. The number of ether oxygens (including phenoxy) is 2. The van der Waals surface area contributed by atoms with Crippen molar-refractivity contribution in [2.24, 2.45) is 0 Å². The Morgan fingerprint density at radius 2 is 1.97 bits per heavy atom. The summed E-state index contributed by atoms with van der Waals surface area (Å²) in [6.45, 7) is 3.71. The molecule has 0 saturated carbocycles. The molecule has 0 bridgehead atoms. The van der Waals surface area contributed by atoms with Crippen LogP contribution in [-0.4, -0.2) is 32.8 Å². The maximum absolute atomic E-state index is 15.1. The minimum Gasteiger partial charge on any atom is -0.496 e. The highest BCUT2D eigenvalue weighted by molar-refractivity contribution is 7.98. The Morgan fingerprint density at radius 1 is 1.14 bits per heavy atom. The SMILES string of the molecule is CCCCOC(=O)C1CNCCc2c1ccc(Cl)c2SCc1ccc(-c2cc(F)ccc2OC)c(F)c1. The van der Waals surface area contributed by atoms with Crippen LogP contribution in [-0.2, 0) is 21.7 Å². The number of rotatable bonds is 9. The number of hydrogen-bond acceptors (Lipinski definition) is 5. The van der Waals surface area contributed by atoms with Gasteiger partial charge in [0.25, 0.3) is 0 Å². The summed E-state index contributed by atoms with van der Waals surface area (Å²) in [6.07, 6.45) is 2.52. The highest BCUT2D eigenvalue weighted by Crippen LogP contribution is 2.39. The van der Waals surface area contributed by atoms with Gasteiger partial charge in [0.05, 0.1) is 24.7 Å². The molecule has 4 rings (SSSR count). The second kappa shape index (κ2) is 12.8. The normalized spacial score (nSPS) is 15.1. The van der Waals surface area contributed by atoms with E-state index < -0.39 is 17.6 Å². The fourth-order valence-electron chi connectivity index (χ4n) is 4.47. The van der Waals surface area contributed by atoms with Gasteiger partial charge in [-0.3, -0.25) is 4.79 Å². The Balaban J connectivity index is 1.56. The summed E-state index contributed by atoms with van der Waals surface area (Å²) in [5.74, 6) is -0.670. The third-order valence-electron chi connectivity index (χ3n) is 6.42. The molecule has 1 N–H and O–H groups in total. The summed E-state index contributed by atoms with van der Waals surface area (Å²) >= 11 is 8.13. The topological polar surface area (TPSA) is 47.6 Å². The van der Waals surface area contributed by atoms with Crippen LogP contribution in [0.4, 0.5) is 8.78 Å². The number of benzene rings is 3. The number of nitrogens with one attached hydrogen (secondary N) is 1. The van der Waals surface area contributed by atoms with Crippen molar-refractivity contribution in [2.45, 2.75) is 42.8 Å². The van der Waals surface area contributed by atoms with Gasteiger partial charge in [0.2, 0.25) is 0 Å². The minimum atomic E-state index is -0.462. The largest absolute Gasteiger partial charge is 0.496 e. The molecule has 0 saturated heterocycles. The minimum absolute atomic E-state index is 0.229. The Labute approximate surface area is 225 Å². The average molecular weight is 546 g/mol. The number of carbonyl (C=O) groups excluding carboxylic acids is 1. The summed E-state index contributed by atoms with van der Waals surface area (Å²) in [4.78, 5) is 13.7. The predicted octanol–water partition coefficient (Wildman–Crippen LogP) is 7.16. The molecule has 0 aromatic heterocycles. The second-order valence-corrected chi connectivity index (χ2v) is 10.3. The van der Waals surface area contributed by atoms with Gasteiger partial charge in [-0.25, -0.2) is 8.78 Å². The molecule has 0 radical (unpaired) electrons. The van der Waals surface area contributed by atoms with E-state index in [1.165, 1.54) is 43.1 Å². The van der Waals surface area contributed by atoms with E-state index in [1.807, 2.05) is 18.2 Å². The van der Waals surface area contributed by atoms with Gasteiger partial charge in [-0.2, -0.15) is 0 Å². The fraction of sp³-hybridized carbons (Fsp3) is 0.345. The third kappa shape index (κ3) is 6.46. The lowest BCUT2D eigenvalue weighted by atomic mass is 9.94. The monoisotopic (exact) mass is 545 g/mol. The zero-order chi connectivity index (χ0) is 26.4. The fourth-order valence-corrected chi connectivity index (χ4v) is 5.90. The van der Waals surface area contributed by atoms with Crippen molar-refractivity contribution in [1.82, 2.24) is 5.32 Å². The first-order chi connectivity index (χ1) is 17.9. The molecule has 1 unspecified atom stereocenters. The molecule has 3 aromatic rings. The van der Waals surface area contributed by atoms with Gasteiger partial charge in [0.1, 0.15) is 17.4 Å². The number of thioether (sulfide) groups is 1. The van der Waals surface area contributed by atoms with E-state index in [4.69, 9.17) is 21.1 Å². The van der Waals surface area contributed by atoms with Crippen LogP contribution in [0.3, 0.4) is 0 Å². The average Bonchev–Trinajstić information content (AvgIpc) is 3.11. The summed E-state index contributed by atoms with van der Waals surface area (Å²) in [7, 11) is 1.47. The zero-order valence-corrected chi connectivity index (χ0v) is 22.5. The lowest BCUT2D eigenvalue weighted by Crippen LogP contribution is -2.27. The van der Waals surface area contributed by atoms with Crippen molar-refractivity contribution < 1.29 is 23.0 Å². The number of fused-ring (bicyclic) bond motifs is 1. The van der Waals surface area contributed by atoms with E-state index in [2.05, 4.69) is 12.2 Å². The number of carbonyl (C=O) groups is 1. The maximum Gasteiger partial charge on any atom is 0.314 e. The second-order valence-electron chi connectivity index (χ2n) is 8.92. The number of halogens is 3. The van der Waals surface area contributed by atoms with Gasteiger partial charge in [0.15, 0.2) is 0 Å². The third-order valence-corrected chi connectivity index (χ3v) is 8.08. The first-order valence-electron chi connectivity index (χ1n) is 12.4. The van der Waals surface area contributed by atoms with Crippen molar-refractivity contribution in [1.29, 1.82) is 0 Å². The first-order valence-corrected chi connectivity index (χ1v) is 13.7. The molecule has 196 valence electrons. The Hall–Kier alpha value is -2.61. The van der Waals surface area contributed by atoms with Crippen molar-refractivity contribution in [3.8, 4) is 16.9 Å². The molecule has 0 fully saturated rings. The highest BCUT2D eigenvalue weighted by Gasteiger charge is 2.28. The van der Waals surface area contributed by atoms with Gasteiger partial charge in [-0.15, -0.1) is 11.8 Å². The van der Waals surface area contributed by atoms with Crippen LogP contribution in [0.1, 0.15) is 42.4 Å². The maximum atomic E-state index is 15.1. The number of methoxy groups -OCH3 is 1.